The van der Waals surface area contributed by atoms with Gasteiger partial charge in [-0.05, 0) is 37.3 Å². The summed E-state index contributed by atoms with van der Waals surface area (Å²) in [5.41, 5.74) is 3.69. The number of hydrogen-bond donors (Lipinski definition) is 1. The molecule has 3 aromatic carbocycles. The average molecular weight is 374 g/mol. The van der Waals surface area contributed by atoms with Crippen LogP contribution in [0.15, 0.2) is 73.1 Å². The van der Waals surface area contributed by atoms with Gasteiger partial charge in [-0.2, -0.15) is 0 Å². The fourth-order valence-electron chi connectivity index (χ4n) is 2.96. The lowest BCUT2D eigenvalue weighted by atomic mass is 10.0. The molecule has 0 spiro atoms. The molecule has 0 radical (unpaired) electrons. The van der Waals surface area contributed by atoms with E-state index in [4.69, 9.17) is 11.6 Å². The Labute approximate surface area is 161 Å². The van der Waals surface area contributed by atoms with Crippen LogP contribution in [-0.4, -0.2) is 15.8 Å². The van der Waals surface area contributed by atoms with E-state index in [0.29, 0.717) is 27.7 Å². The van der Waals surface area contributed by atoms with Gasteiger partial charge in [0.25, 0.3) is 0 Å². The number of nitrogens with zero attached hydrogens (tertiary/aromatic N) is 2. The summed E-state index contributed by atoms with van der Waals surface area (Å²) in [6.45, 7) is 2.02. The number of aryl methyl sites for hydroxylation is 1. The second kappa shape index (κ2) is 7.17. The Kier molecular flexibility index (Phi) is 4.57. The number of hydrogen-bond acceptors (Lipinski definition) is 4. The first-order valence-electron chi connectivity index (χ1n) is 8.49. The summed E-state index contributed by atoms with van der Waals surface area (Å²) in [6, 6.07) is 20.3. The van der Waals surface area contributed by atoms with Gasteiger partial charge in [-0.25, -0.2) is 9.97 Å². The molecule has 5 heteroatoms. The molecular weight excluding hydrogens is 358 g/mol. The van der Waals surface area contributed by atoms with Crippen molar-refractivity contribution in [3.8, 4) is 0 Å². The highest BCUT2D eigenvalue weighted by Crippen LogP contribution is 2.29. The number of nitrogens with one attached hydrogen (secondary N) is 1. The van der Waals surface area contributed by atoms with Crippen molar-refractivity contribution in [2.24, 2.45) is 0 Å². The standard InChI is InChI=1S/C22H16ClN3O/c1-14-7-9-19-18(11-14)22(25-13-24-19)26-20-10-8-16(23)12-17(20)21(27)15-5-3-2-4-6-15/h2-13H,1H3,(H,24,25,26). The van der Waals surface area contributed by atoms with Gasteiger partial charge in [-0.3, -0.25) is 4.79 Å². The van der Waals surface area contributed by atoms with E-state index in [1.54, 1.807) is 30.3 Å². The smallest absolute Gasteiger partial charge is 0.195 e. The number of carbonyl (C=O) groups is 1. The first kappa shape index (κ1) is 17.2. The van der Waals surface area contributed by atoms with Crippen LogP contribution in [0.3, 0.4) is 0 Å². The van der Waals surface area contributed by atoms with Crippen LogP contribution in [-0.2, 0) is 0 Å². The van der Waals surface area contributed by atoms with Gasteiger partial charge in [0, 0.05) is 21.5 Å². The summed E-state index contributed by atoms with van der Waals surface area (Å²) >= 11 is 6.16. The minimum atomic E-state index is -0.102. The highest BCUT2D eigenvalue weighted by molar-refractivity contribution is 6.31. The molecule has 0 amide bonds. The quantitative estimate of drug-likeness (QED) is 0.475. The third-order valence-electron chi connectivity index (χ3n) is 4.31. The number of rotatable bonds is 4. The minimum absolute atomic E-state index is 0.102. The molecule has 4 rings (SSSR count). The van der Waals surface area contributed by atoms with Gasteiger partial charge in [0.2, 0.25) is 0 Å². The molecule has 0 unspecified atom stereocenters. The van der Waals surface area contributed by atoms with Crippen LogP contribution >= 0.6 is 11.6 Å². The number of benzene rings is 3. The Morgan fingerprint density at radius 1 is 0.963 bits per heavy atom. The molecule has 0 bridgehead atoms. The summed E-state index contributed by atoms with van der Waals surface area (Å²) in [5.74, 6) is 0.545. The van der Waals surface area contributed by atoms with Gasteiger partial charge in [-0.1, -0.05) is 53.6 Å². The van der Waals surface area contributed by atoms with Crippen LogP contribution in [0.4, 0.5) is 11.5 Å². The molecule has 4 aromatic rings. The molecule has 0 saturated heterocycles. The van der Waals surface area contributed by atoms with Crippen LogP contribution < -0.4 is 5.32 Å². The fourth-order valence-corrected chi connectivity index (χ4v) is 3.13. The molecule has 0 aliphatic carbocycles. The van der Waals surface area contributed by atoms with E-state index < -0.39 is 0 Å². The maximum Gasteiger partial charge on any atom is 0.195 e. The monoisotopic (exact) mass is 373 g/mol. The SMILES string of the molecule is Cc1ccc2ncnc(Nc3ccc(Cl)cc3C(=O)c3ccccc3)c2c1. The largest absolute Gasteiger partial charge is 0.339 e. The van der Waals surface area contributed by atoms with Crippen molar-refractivity contribution in [3.05, 3.63) is 94.8 Å². The number of anilines is 2. The molecule has 1 heterocycles. The van der Waals surface area contributed by atoms with Crippen molar-refractivity contribution < 1.29 is 4.79 Å². The maximum absolute atomic E-state index is 13.0. The van der Waals surface area contributed by atoms with E-state index in [1.165, 1.54) is 6.33 Å². The highest BCUT2D eigenvalue weighted by atomic mass is 35.5. The van der Waals surface area contributed by atoms with Gasteiger partial charge in [0.05, 0.1) is 11.2 Å². The molecule has 0 aliphatic rings. The summed E-state index contributed by atoms with van der Waals surface area (Å²) in [5, 5.41) is 4.69. The van der Waals surface area contributed by atoms with Gasteiger partial charge >= 0.3 is 0 Å². The normalized spacial score (nSPS) is 10.7. The Bertz CT molecular complexity index is 1140. The third kappa shape index (κ3) is 3.52. The van der Waals surface area contributed by atoms with Crippen molar-refractivity contribution >= 4 is 39.8 Å². The molecule has 0 atom stereocenters. The second-order valence-electron chi connectivity index (χ2n) is 6.25. The lowest BCUT2D eigenvalue weighted by Gasteiger charge is -2.13. The van der Waals surface area contributed by atoms with E-state index in [9.17, 15) is 4.79 Å². The van der Waals surface area contributed by atoms with Crippen molar-refractivity contribution in [2.75, 3.05) is 5.32 Å². The second-order valence-corrected chi connectivity index (χ2v) is 6.69. The molecule has 0 aliphatic heterocycles. The zero-order chi connectivity index (χ0) is 18.8. The van der Waals surface area contributed by atoms with E-state index in [0.717, 1.165) is 16.5 Å². The van der Waals surface area contributed by atoms with Crippen molar-refractivity contribution in [1.82, 2.24) is 9.97 Å². The van der Waals surface area contributed by atoms with Crippen molar-refractivity contribution in [2.45, 2.75) is 6.92 Å². The summed E-state index contributed by atoms with van der Waals surface area (Å²) < 4.78 is 0. The first-order valence-corrected chi connectivity index (χ1v) is 8.87. The van der Waals surface area contributed by atoms with Crippen LogP contribution in [0.25, 0.3) is 10.9 Å². The molecule has 0 fully saturated rings. The van der Waals surface area contributed by atoms with E-state index >= 15 is 0 Å². The first-order chi connectivity index (χ1) is 13.1. The number of fused-ring (bicyclic) bond motifs is 1. The summed E-state index contributed by atoms with van der Waals surface area (Å²) in [4.78, 5) is 21.7. The minimum Gasteiger partial charge on any atom is -0.339 e. The average Bonchev–Trinajstić information content (AvgIpc) is 2.70. The van der Waals surface area contributed by atoms with E-state index in [-0.39, 0.29) is 5.78 Å². The lowest BCUT2D eigenvalue weighted by molar-refractivity contribution is 0.103. The fraction of sp³-hybridized carbons (Fsp3) is 0.0455. The van der Waals surface area contributed by atoms with E-state index in [2.05, 4.69) is 15.3 Å². The van der Waals surface area contributed by atoms with Gasteiger partial charge < -0.3 is 5.32 Å². The van der Waals surface area contributed by atoms with Crippen LogP contribution in [0.1, 0.15) is 21.5 Å². The Morgan fingerprint density at radius 3 is 2.59 bits per heavy atom. The van der Waals surface area contributed by atoms with Crippen LogP contribution in [0, 0.1) is 6.92 Å². The van der Waals surface area contributed by atoms with Gasteiger partial charge in [0.15, 0.2) is 5.78 Å². The molecule has 27 heavy (non-hydrogen) atoms. The topological polar surface area (TPSA) is 54.9 Å². The Hall–Kier alpha value is -3.24. The Morgan fingerprint density at radius 2 is 1.78 bits per heavy atom. The van der Waals surface area contributed by atoms with Crippen LogP contribution in [0.2, 0.25) is 5.02 Å². The van der Waals surface area contributed by atoms with Gasteiger partial charge in [-0.15, -0.1) is 0 Å². The number of ketones is 1. The Balaban J connectivity index is 1.80. The molecular formula is C22H16ClN3O. The molecule has 1 aromatic heterocycles. The highest BCUT2D eigenvalue weighted by Gasteiger charge is 2.15. The molecule has 1 N–H and O–H groups in total. The zero-order valence-electron chi connectivity index (χ0n) is 14.6. The maximum atomic E-state index is 13.0. The van der Waals surface area contributed by atoms with Crippen molar-refractivity contribution in [3.63, 3.8) is 0 Å². The summed E-state index contributed by atoms with van der Waals surface area (Å²) in [6.07, 6.45) is 1.51. The zero-order valence-corrected chi connectivity index (χ0v) is 15.4. The van der Waals surface area contributed by atoms with E-state index in [1.807, 2.05) is 43.3 Å². The number of aromatic nitrogens is 2. The number of halogens is 1. The molecule has 0 saturated carbocycles. The van der Waals surface area contributed by atoms with Gasteiger partial charge in [0.1, 0.15) is 12.1 Å². The predicted molar refractivity (Wildman–Crippen MR) is 109 cm³/mol. The third-order valence-corrected chi connectivity index (χ3v) is 4.54. The van der Waals surface area contributed by atoms with Crippen molar-refractivity contribution in [1.29, 1.82) is 0 Å². The number of carbonyl (C=O) groups excluding carboxylic acids is 1. The van der Waals surface area contributed by atoms with Crippen LogP contribution in [0.5, 0.6) is 0 Å². The molecule has 4 nitrogen and oxygen atoms in total. The summed E-state index contributed by atoms with van der Waals surface area (Å²) in [7, 11) is 0. The lowest BCUT2D eigenvalue weighted by Crippen LogP contribution is -2.06. The molecule has 132 valence electrons. The predicted octanol–water partition coefficient (Wildman–Crippen LogP) is 5.57.